The van der Waals surface area contributed by atoms with E-state index in [2.05, 4.69) is 24.1 Å². The zero-order chi connectivity index (χ0) is 15.9. The van der Waals surface area contributed by atoms with Crippen molar-refractivity contribution in [2.24, 2.45) is 5.41 Å². The molecule has 0 spiro atoms. The molecular weight excluding hydrogens is 280 g/mol. The van der Waals surface area contributed by atoms with Gasteiger partial charge in [0.05, 0.1) is 18.0 Å². The summed E-state index contributed by atoms with van der Waals surface area (Å²) in [6.45, 7) is 6.00. The Kier molecular flexibility index (Phi) is 3.53. The van der Waals surface area contributed by atoms with Gasteiger partial charge in [-0.1, -0.05) is 13.8 Å². The van der Waals surface area contributed by atoms with Crippen LogP contribution in [0.25, 0.3) is 0 Å². The van der Waals surface area contributed by atoms with Crippen molar-refractivity contribution >= 4 is 11.6 Å². The molecule has 1 atom stereocenters. The molecule has 1 aliphatic carbocycles. The topological polar surface area (TPSA) is 75.4 Å². The molecule has 2 N–H and O–H groups in total. The molecule has 3 rings (SSSR count). The summed E-state index contributed by atoms with van der Waals surface area (Å²) in [5, 5.41) is 13.1. The fourth-order valence-electron chi connectivity index (χ4n) is 3.13. The predicted octanol–water partition coefficient (Wildman–Crippen LogP) is 3.24. The molecule has 0 saturated carbocycles. The van der Waals surface area contributed by atoms with Gasteiger partial charge in [-0.05, 0) is 30.9 Å². The molecule has 2 aromatic heterocycles. The molecular formula is C17H20N2O3. The van der Waals surface area contributed by atoms with Crippen LogP contribution in [0.15, 0.2) is 28.9 Å². The number of hydrogen-bond acceptors (Lipinski definition) is 4. The highest BCUT2D eigenvalue weighted by molar-refractivity contribution is 6.03. The van der Waals surface area contributed by atoms with E-state index in [0.717, 1.165) is 23.3 Å². The van der Waals surface area contributed by atoms with Crippen LogP contribution in [0.1, 0.15) is 53.8 Å². The van der Waals surface area contributed by atoms with E-state index in [1.54, 1.807) is 24.5 Å². The molecule has 22 heavy (non-hydrogen) atoms. The minimum Gasteiger partial charge on any atom is -0.455 e. The average Bonchev–Trinajstić information content (AvgIpc) is 2.75. The molecule has 116 valence electrons. The highest BCUT2D eigenvalue weighted by Gasteiger charge is 2.37. The number of hydrogen-bond donors (Lipinski definition) is 2. The number of anilines is 1. The number of amides is 1. The van der Waals surface area contributed by atoms with Crippen LogP contribution in [0.2, 0.25) is 0 Å². The Balaban J connectivity index is 1.91. The number of aliphatic hydroxyl groups excluding tert-OH is 1. The predicted molar refractivity (Wildman–Crippen MR) is 82.7 cm³/mol. The van der Waals surface area contributed by atoms with E-state index in [4.69, 9.17) is 4.42 Å². The highest BCUT2D eigenvalue weighted by Crippen LogP contribution is 2.43. The first-order valence-corrected chi connectivity index (χ1v) is 7.39. The maximum atomic E-state index is 12.4. The number of fused-ring (bicyclic) bond motifs is 1. The first kappa shape index (κ1) is 14.8. The molecule has 2 aromatic rings. The standard InChI is InChI=1S/C17H20N2O3/c1-10-14-12(20)7-17(2,3)8-13(14)22-15(10)16(21)19-11-5-4-6-18-9-11/h4-6,9,12,20H,7-8H2,1-3H3,(H,19,21)/t12-/m1/s1. The van der Waals surface area contributed by atoms with Crippen LogP contribution in [-0.4, -0.2) is 16.0 Å². The number of nitrogens with one attached hydrogen (secondary N) is 1. The Hall–Kier alpha value is -2.14. The summed E-state index contributed by atoms with van der Waals surface area (Å²) in [5.41, 5.74) is 2.07. The molecule has 1 amide bonds. The molecule has 0 bridgehead atoms. The SMILES string of the molecule is Cc1c(C(=O)Nc2cccnc2)oc2c1[C@H](O)CC(C)(C)C2. The number of carbonyl (C=O) groups excluding carboxylic acids is 1. The summed E-state index contributed by atoms with van der Waals surface area (Å²) >= 11 is 0. The van der Waals surface area contributed by atoms with Crippen molar-refractivity contribution < 1.29 is 14.3 Å². The van der Waals surface area contributed by atoms with Crippen LogP contribution in [0, 0.1) is 12.3 Å². The van der Waals surface area contributed by atoms with E-state index < -0.39 is 6.10 Å². The van der Waals surface area contributed by atoms with Crippen LogP contribution in [0.5, 0.6) is 0 Å². The first-order chi connectivity index (χ1) is 10.4. The van der Waals surface area contributed by atoms with Crippen molar-refractivity contribution in [3.8, 4) is 0 Å². The Bertz CT molecular complexity index is 704. The zero-order valence-corrected chi connectivity index (χ0v) is 13.0. The summed E-state index contributed by atoms with van der Waals surface area (Å²) < 4.78 is 5.78. The van der Waals surface area contributed by atoms with Crippen LogP contribution in [-0.2, 0) is 6.42 Å². The van der Waals surface area contributed by atoms with E-state index in [0.29, 0.717) is 12.1 Å². The Morgan fingerprint density at radius 1 is 1.50 bits per heavy atom. The molecule has 5 nitrogen and oxygen atoms in total. The number of rotatable bonds is 2. The van der Waals surface area contributed by atoms with Crippen molar-refractivity contribution in [3.63, 3.8) is 0 Å². The van der Waals surface area contributed by atoms with E-state index in [1.165, 1.54) is 0 Å². The highest BCUT2D eigenvalue weighted by atomic mass is 16.4. The van der Waals surface area contributed by atoms with Gasteiger partial charge in [0, 0.05) is 23.7 Å². The Labute approximate surface area is 129 Å². The molecule has 0 saturated heterocycles. The molecule has 5 heteroatoms. The third-order valence-corrected chi connectivity index (χ3v) is 4.11. The molecule has 2 heterocycles. The second-order valence-corrected chi connectivity index (χ2v) is 6.65. The van der Waals surface area contributed by atoms with Gasteiger partial charge >= 0.3 is 0 Å². The fraction of sp³-hybridized carbons (Fsp3) is 0.412. The van der Waals surface area contributed by atoms with Crippen molar-refractivity contribution in [3.05, 3.63) is 47.2 Å². The van der Waals surface area contributed by atoms with Crippen LogP contribution >= 0.6 is 0 Å². The first-order valence-electron chi connectivity index (χ1n) is 7.39. The number of pyridine rings is 1. The number of carbonyl (C=O) groups is 1. The summed E-state index contributed by atoms with van der Waals surface area (Å²) in [5.74, 6) is 0.674. The normalized spacial score (nSPS) is 19.5. The second kappa shape index (κ2) is 5.25. The van der Waals surface area contributed by atoms with E-state index in [-0.39, 0.29) is 17.1 Å². The molecule has 0 unspecified atom stereocenters. The minimum atomic E-state index is -0.581. The van der Waals surface area contributed by atoms with E-state index in [9.17, 15) is 9.90 Å². The summed E-state index contributed by atoms with van der Waals surface area (Å²) in [6, 6.07) is 3.52. The van der Waals surface area contributed by atoms with Gasteiger partial charge in [0.15, 0.2) is 5.76 Å². The summed E-state index contributed by atoms with van der Waals surface area (Å²) in [6.07, 6.45) is 4.03. The molecule has 0 radical (unpaired) electrons. The van der Waals surface area contributed by atoms with Gasteiger partial charge in [-0.3, -0.25) is 9.78 Å². The number of furan rings is 1. The van der Waals surface area contributed by atoms with Crippen molar-refractivity contribution in [2.75, 3.05) is 5.32 Å². The van der Waals surface area contributed by atoms with E-state index in [1.807, 2.05) is 6.92 Å². The van der Waals surface area contributed by atoms with Gasteiger partial charge in [-0.2, -0.15) is 0 Å². The van der Waals surface area contributed by atoms with Gasteiger partial charge in [-0.15, -0.1) is 0 Å². The largest absolute Gasteiger partial charge is 0.455 e. The van der Waals surface area contributed by atoms with Gasteiger partial charge in [0.1, 0.15) is 5.76 Å². The zero-order valence-electron chi connectivity index (χ0n) is 13.0. The molecule has 0 aliphatic heterocycles. The lowest BCUT2D eigenvalue weighted by molar-refractivity contribution is 0.0910. The van der Waals surface area contributed by atoms with E-state index >= 15 is 0 Å². The average molecular weight is 300 g/mol. The lowest BCUT2D eigenvalue weighted by Crippen LogP contribution is -2.24. The fourth-order valence-corrected chi connectivity index (χ4v) is 3.13. The second-order valence-electron chi connectivity index (χ2n) is 6.65. The minimum absolute atomic E-state index is 0.0339. The lowest BCUT2D eigenvalue weighted by Gasteiger charge is -2.31. The maximum Gasteiger partial charge on any atom is 0.291 e. The third kappa shape index (κ3) is 2.64. The van der Waals surface area contributed by atoms with Crippen molar-refractivity contribution in [1.29, 1.82) is 0 Å². The van der Waals surface area contributed by atoms with Crippen LogP contribution < -0.4 is 5.32 Å². The number of aliphatic hydroxyl groups is 1. The van der Waals surface area contributed by atoms with Crippen LogP contribution in [0.3, 0.4) is 0 Å². The molecule has 1 aliphatic rings. The number of nitrogens with zero attached hydrogens (tertiary/aromatic N) is 1. The Morgan fingerprint density at radius 2 is 2.27 bits per heavy atom. The van der Waals surface area contributed by atoms with Gasteiger partial charge in [-0.25, -0.2) is 0 Å². The van der Waals surface area contributed by atoms with Gasteiger partial charge in [0.2, 0.25) is 0 Å². The Morgan fingerprint density at radius 3 is 2.95 bits per heavy atom. The molecule has 0 aromatic carbocycles. The maximum absolute atomic E-state index is 12.4. The summed E-state index contributed by atoms with van der Waals surface area (Å²) in [4.78, 5) is 16.4. The number of aromatic nitrogens is 1. The lowest BCUT2D eigenvalue weighted by atomic mass is 9.75. The van der Waals surface area contributed by atoms with Gasteiger partial charge < -0.3 is 14.8 Å². The quantitative estimate of drug-likeness (QED) is 0.892. The van der Waals surface area contributed by atoms with Crippen molar-refractivity contribution in [2.45, 2.75) is 39.7 Å². The summed E-state index contributed by atoms with van der Waals surface area (Å²) in [7, 11) is 0. The smallest absolute Gasteiger partial charge is 0.291 e. The van der Waals surface area contributed by atoms with Gasteiger partial charge in [0.25, 0.3) is 5.91 Å². The van der Waals surface area contributed by atoms with Crippen LogP contribution in [0.4, 0.5) is 5.69 Å². The monoisotopic (exact) mass is 300 g/mol. The molecule has 0 fully saturated rings. The van der Waals surface area contributed by atoms with Crippen molar-refractivity contribution in [1.82, 2.24) is 4.98 Å². The third-order valence-electron chi connectivity index (χ3n) is 4.11.